The van der Waals surface area contributed by atoms with E-state index >= 15 is 0 Å². The molecule has 0 aliphatic carbocycles. The van der Waals surface area contributed by atoms with Crippen LogP contribution in [0.15, 0.2) is 133 Å². The number of rotatable bonds is 12. The highest BCUT2D eigenvalue weighted by atomic mass is 16.5. The molecular formula is C52H52O6. The lowest BCUT2D eigenvalue weighted by molar-refractivity contribution is 0.160. The van der Waals surface area contributed by atoms with Gasteiger partial charge in [-0.1, -0.05) is 60.7 Å². The zero-order valence-corrected chi connectivity index (χ0v) is 34.6. The summed E-state index contributed by atoms with van der Waals surface area (Å²) in [7, 11) is 0. The highest BCUT2D eigenvalue weighted by Gasteiger charge is 2.40. The monoisotopic (exact) mass is 772 g/mol. The Kier molecular flexibility index (Phi) is 10.5. The quantitative estimate of drug-likeness (QED) is 0.123. The van der Waals surface area contributed by atoms with Gasteiger partial charge in [0.05, 0.1) is 24.4 Å². The summed E-state index contributed by atoms with van der Waals surface area (Å²) in [4.78, 5) is 0. The van der Waals surface area contributed by atoms with E-state index in [-0.39, 0.29) is 24.4 Å². The highest BCUT2D eigenvalue weighted by molar-refractivity contribution is 6.02. The lowest BCUT2D eigenvalue weighted by Crippen LogP contribution is -2.35. The summed E-state index contributed by atoms with van der Waals surface area (Å²) in [6.07, 6.45) is 9.04. The Morgan fingerprint density at radius 2 is 0.638 bits per heavy atom. The van der Waals surface area contributed by atoms with Gasteiger partial charge in [0.25, 0.3) is 0 Å². The van der Waals surface area contributed by atoms with Gasteiger partial charge in [0.15, 0.2) is 11.2 Å². The number of ether oxygens (including phenoxy) is 6. The largest absolute Gasteiger partial charge is 0.491 e. The molecule has 0 saturated carbocycles. The van der Waals surface area contributed by atoms with E-state index < -0.39 is 11.2 Å². The lowest BCUT2D eigenvalue weighted by Gasteiger charge is -2.38. The fraction of sp³-hybridized carbons (Fsp3) is 0.269. The normalized spacial score (nSPS) is 14.9. The van der Waals surface area contributed by atoms with Crippen LogP contribution in [0.4, 0.5) is 0 Å². The van der Waals surface area contributed by atoms with Gasteiger partial charge < -0.3 is 28.4 Å². The molecule has 0 unspecified atom stereocenters. The van der Waals surface area contributed by atoms with E-state index in [2.05, 4.69) is 97.1 Å². The van der Waals surface area contributed by atoms with Gasteiger partial charge in [-0.3, -0.25) is 0 Å². The number of fused-ring (bicyclic) bond motifs is 5. The maximum atomic E-state index is 7.23. The SMILES string of the molecule is CC(C)Oc1ccc(C2(c3ccc(OC(C)C)cc3)C=Cc3c(ccc4ccc5c(c34)C=CC(c3ccc(OC(C)C)cc3)(c3ccc(OC(C)C)cc3)O5)O2)cc1. The van der Waals surface area contributed by atoms with Crippen molar-refractivity contribution in [1.29, 1.82) is 0 Å². The van der Waals surface area contributed by atoms with Crippen LogP contribution in [0.5, 0.6) is 34.5 Å². The van der Waals surface area contributed by atoms with Gasteiger partial charge >= 0.3 is 0 Å². The van der Waals surface area contributed by atoms with E-state index in [1.807, 2.05) is 104 Å². The minimum Gasteiger partial charge on any atom is -0.491 e. The molecule has 296 valence electrons. The van der Waals surface area contributed by atoms with Gasteiger partial charge in [0, 0.05) is 38.8 Å². The molecule has 0 radical (unpaired) electrons. The standard InChI is InChI=1S/C52H52O6/c1-33(2)53-42-19-11-38(12-20-42)51(39-13-21-43(22-14-39)54-34(3)4)31-29-46-48(57-51)27-9-37-10-28-49-47(50(37)46)30-32-52(58-49,40-15-23-44(24-16-40)55-35(5)6)41-17-25-45(26-18-41)56-36(7)8/h9-36H,1-8H3. The van der Waals surface area contributed by atoms with Crippen LogP contribution in [0.3, 0.4) is 0 Å². The summed E-state index contributed by atoms with van der Waals surface area (Å²) in [5, 5.41) is 2.15. The summed E-state index contributed by atoms with van der Waals surface area (Å²) >= 11 is 0. The molecule has 0 saturated heterocycles. The zero-order chi connectivity index (χ0) is 40.6. The van der Waals surface area contributed by atoms with Crippen LogP contribution in [0.1, 0.15) is 88.8 Å². The van der Waals surface area contributed by atoms with Gasteiger partial charge in [-0.25, -0.2) is 0 Å². The Labute approximate surface area is 342 Å². The van der Waals surface area contributed by atoms with Gasteiger partial charge in [0.2, 0.25) is 0 Å². The van der Waals surface area contributed by atoms with Crippen molar-refractivity contribution in [2.45, 2.75) is 91.0 Å². The molecule has 2 aliphatic heterocycles. The third-order valence-electron chi connectivity index (χ3n) is 10.3. The fourth-order valence-electron chi connectivity index (χ4n) is 7.93. The average molecular weight is 773 g/mol. The van der Waals surface area contributed by atoms with Crippen molar-refractivity contribution in [1.82, 2.24) is 0 Å². The maximum Gasteiger partial charge on any atom is 0.178 e. The number of hydrogen-bond donors (Lipinski definition) is 0. The van der Waals surface area contributed by atoms with Crippen molar-refractivity contribution in [3.8, 4) is 34.5 Å². The van der Waals surface area contributed by atoms with Gasteiger partial charge in [-0.05, 0) is 146 Å². The molecule has 0 atom stereocenters. The zero-order valence-electron chi connectivity index (χ0n) is 34.6. The molecule has 0 amide bonds. The van der Waals surface area contributed by atoms with E-state index in [1.54, 1.807) is 0 Å². The topological polar surface area (TPSA) is 55.4 Å². The molecule has 0 N–H and O–H groups in total. The predicted octanol–water partition coefficient (Wildman–Crippen LogP) is 12.7. The first-order chi connectivity index (χ1) is 27.9. The van der Waals surface area contributed by atoms with Crippen LogP contribution in [0.25, 0.3) is 22.9 Å². The fourth-order valence-corrected chi connectivity index (χ4v) is 7.93. The van der Waals surface area contributed by atoms with Crippen LogP contribution >= 0.6 is 0 Å². The Morgan fingerprint density at radius 3 is 0.897 bits per heavy atom. The highest BCUT2D eigenvalue weighted by Crippen LogP contribution is 2.49. The summed E-state index contributed by atoms with van der Waals surface area (Å²) in [5.74, 6) is 4.81. The Morgan fingerprint density at radius 1 is 0.362 bits per heavy atom. The van der Waals surface area contributed by atoms with Crippen molar-refractivity contribution < 1.29 is 28.4 Å². The molecule has 2 heterocycles. The predicted molar refractivity (Wildman–Crippen MR) is 234 cm³/mol. The molecule has 6 heteroatoms. The molecule has 8 rings (SSSR count). The van der Waals surface area contributed by atoms with Crippen molar-refractivity contribution in [2.75, 3.05) is 0 Å². The van der Waals surface area contributed by atoms with Crippen LogP contribution in [0.2, 0.25) is 0 Å². The molecule has 58 heavy (non-hydrogen) atoms. The molecule has 0 aromatic heterocycles. The summed E-state index contributed by atoms with van der Waals surface area (Å²) in [5.41, 5.74) is 4.14. The molecule has 0 fully saturated rings. The summed E-state index contributed by atoms with van der Waals surface area (Å²) in [6, 6.07) is 41.3. The Balaban J connectivity index is 1.23. The molecule has 0 bridgehead atoms. The Bertz CT molecular complexity index is 2160. The molecule has 6 nitrogen and oxygen atoms in total. The summed E-state index contributed by atoms with van der Waals surface area (Å²) < 4.78 is 38.5. The molecule has 6 aromatic carbocycles. The second-order valence-corrected chi connectivity index (χ2v) is 16.2. The average Bonchev–Trinajstić information content (AvgIpc) is 3.20. The van der Waals surface area contributed by atoms with E-state index in [0.29, 0.717) is 0 Å². The van der Waals surface area contributed by atoms with Crippen molar-refractivity contribution in [3.05, 3.63) is 167 Å². The molecular weight excluding hydrogens is 721 g/mol. The second-order valence-electron chi connectivity index (χ2n) is 16.2. The minimum absolute atomic E-state index is 0.0724. The van der Waals surface area contributed by atoms with Crippen LogP contribution in [-0.2, 0) is 11.2 Å². The Hall–Kier alpha value is -6.14. The van der Waals surface area contributed by atoms with Gasteiger partial charge in [0.1, 0.15) is 34.5 Å². The molecule has 0 spiro atoms. The third-order valence-corrected chi connectivity index (χ3v) is 10.3. The smallest absolute Gasteiger partial charge is 0.178 e. The van der Waals surface area contributed by atoms with Crippen LogP contribution in [0, 0.1) is 0 Å². The summed E-state index contributed by atoms with van der Waals surface area (Å²) in [6.45, 7) is 16.3. The van der Waals surface area contributed by atoms with E-state index in [1.165, 1.54) is 0 Å². The van der Waals surface area contributed by atoms with E-state index in [9.17, 15) is 0 Å². The first-order valence-electron chi connectivity index (χ1n) is 20.4. The van der Waals surface area contributed by atoms with Crippen molar-refractivity contribution in [3.63, 3.8) is 0 Å². The second kappa shape index (κ2) is 15.7. The van der Waals surface area contributed by atoms with E-state index in [0.717, 1.165) is 78.7 Å². The van der Waals surface area contributed by atoms with Gasteiger partial charge in [-0.15, -0.1) is 0 Å². The number of hydrogen-bond acceptors (Lipinski definition) is 6. The van der Waals surface area contributed by atoms with E-state index in [4.69, 9.17) is 28.4 Å². The van der Waals surface area contributed by atoms with Gasteiger partial charge in [-0.2, -0.15) is 0 Å². The third kappa shape index (κ3) is 7.51. The number of benzene rings is 6. The van der Waals surface area contributed by atoms with Crippen LogP contribution < -0.4 is 28.4 Å². The maximum absolute atomic E-state index is 7.23. The minimum atomic E-state index is -0.902. The van der Waals surface area contributed by atoms with Crippen LogP contribution in [-0.4, -0.2) is 24.4 Å². The molecule has 6 aromatic rings. The van der Waals surface area contributed by atoms with Crippen molar-refractivity contribution >= 4 is 22.9 Å². The molecule has 2 aliphatic rings. The first kappa shape index (κ1) is 38.7. The first-order valence-corrected chi connectivity index (χ1v) is 20.4. The lowest BCUT2D eigenvalue weighted by atomic mass is 9.81. The van der Waals surface area contributed by atoms with Crippen molar-refractivity contribution in [2.24, 2.45) is 0 Å².